The van der Waals surface area contributed by atoms with Crippen LogP contribution in [0.25, 0.3) is 0 Å². The van der Waals surface area contributed by atoms with E-state index in [1.54, 1.807) is 4.90 Å². The third-order valence-corrected chi connectivity index (χ3v) is 11.5. The van der Waals surface area contributed by atoms with Crippen LogP contribution in [-0.4, -0.2) is 88.3 Å². The third-order valence-electron chi connectivity index (χ3n) is 11.5. The SMILES string of the molecule is CC(C)(C)OC(=O)N1CC(CCc2ccc3c(c2)CN(C2CCC(=O)NC2=O)C3)C1.O=C1CCC(N2Cc3ccc(CCC4CNC4)cc3C2)C(=O)N1. The zero-order valence-corrected chi connectivity index (χ0v) is 31.4. The highest BCUT2D eigenvalue weighted by Gasteiger charge is 2.37. The summed E-state index contributed by atoms with van der Waals surface area (Å²) in [5.74, 6) is 0.742. The van der Waals surface area contributed by atoms with E-state index in [4.69, 9.17) is 4.74 Å². The maximum atomic E-state index is 12.2. The predicted molar refractivity (Wildman–Crippen MR) is 198 cm³/mol. The molecule has 5 amide bonds. The number of rotatable bonds is 8. The Bertz CT molecular complexity index is 1740. The Morgan fingerprint density at radius 2 is 1.17 bits per heavy atom. The van der Waals surface area contributed by atoms with Gasteiger partial charge in [0.1, 0.15) is 5.60 Å². The molecule has 8 rings (SSSR count). The predicted octanol–water partition coefficient (Wildman–Crippen LogP) is 3.57. The van der Waals surface area contributed by atoms with Gasteiger partial charge in [0.2, 0.25) is 23.6 Å². The van der Waals surface area contributed by atoms with Crippen LogP contribution in [0.2, 0.25) is 0 Å². The molecule has 12 heteroatoms. The summed E-state index contributed by atoms with van der Waals surface area (Å²) in [4.78, 5) is 65.1. The van der Waals surface area contributed by atoms with E-state index < -0.39 is 5.60 Å². The first kappa shape index (κ1) is 37.2. The highest BCUT2D eigenvalue weighted by Crippen LogP contribution is 2.31. The molecule has 6 aliphatic heterocycles. The second-order valence-corrected chi connectivity index (χ2v) is 16.8. The molecule has 2 atom stereocenters. The first-order chi connectivity index (χ1) is 25.4. The van der Waals surface area contributed by atoms with E-state index in [0.29, 0.717) is 31.6 Å². The smallest absolute Gasteiger partial charge is 0.410 e. The summed E-state index contributed by atoms with van der Waals surface area (Å²) in [5.41, 5.74) is 7.47. The van der Waals surface area contributed by atoms with Crippen molar-refractivity contribution in [1.82, 2.24) is 30.7 Å². The van der Waals surface area contributed by atoms with Crippen LogP contribution in [0.4, 0.5) is 4.79 Å². The van der Waals surface area contributed by atoms with Crippen molar-refractivity contribution in [2.45, 2.75) is 116 Å². The van der Waals surface area contributed by atoms with Crippen molar-refractivity contribution in [3.63, 3.8) is 0 Å². The number of nitrogens with one attached hydrogen (secondary N) is 3. The van der Waals surface area contributed by atoms with Gasteiger partial charge < -0.3 is 15.0 Å². The highest BCUT2D eigenvalue weighted by atomic mass is 16.6. The number of amides is 5. The quantitative estimate of drug-likeness (QED) is 0.349. The number of ether oxygens (including phenoxy) is 1. The fraction of sp³-hybridized carbons (Fsp3) is 0.585. The van der Waals surface area contributed by atoms with Gasteiger partial charge in [-0.05, 0) is 118 Å². The van der Waals surface area contributed by atoms with E-state index in [0.717, 1.165) is 77.5 Å². The van der Waals surface area contributed by atoms with E-state index in [1.165, 1.54) is 39.8 Å². The van der Waals surface area contributed by atoms with Crippen molar-refractivity contribution in [2.75, 3.05) is 26.2 Å². The fourth-order valence-electron chi connectivity index (χ4n) is 8.28. The molecular formula is C41H54N6O6. The van der Waals surface area contributed by atoms with E-state index >= 15 is 0 Å². The van der Waals surface area contributed by atoms with Crippen molar-refractivity contribution >= 4 is 29.7 Å². The van der Waals surface area contributed by atoms with Gasteiger partial charge in [0.25, 0.3) is 0 Å². The second-order valence-electron chi connectivity index (χ2n) is 16.8. The van der Waals surface area contributed by atoms with Crippen LogP contribution in [-0.2, 0) is 62.9 Å². The van der Waals surface area contributed by atoms with Crippen LogP contribution in [0.5, 0.6) is 0 Å². The lowest BCUT2D eigenvalue weighted by molar-refractivity contribution is -0.139. The van der Waals surface area contributed by atoms with Crippen molar-refractivity contribution < 1.29 is 28.7 Å². The lowest BCUT2D eigenvalue weighted by atomic mass is 9.92. The monoisotopic (exact) mass is 726 g/mol. The molecule has 4 fully saturated rings. The number of nitrogens with zero attached hydrogens (tertiary/aromatic N) is 3. The molecule has 284 valence electrons. The summed E-state index contributed by atoms with van der Waals surface area (Å²) in [7, 11) is 0. The number of hydrogen-bond donors (Lipinski definition) is 3. The molecule has 0 bridgehead atoms. The average Bonchev–Trinajstić information content (AvgIpc) is 3.66. The number of likely N-dealkylation sites (tertiary alicyclic amines) is 1. The van der Waals surface area contributed by atoms with Gasteiger partial charge in [0, 0.05) is 52.1 Å². The molecule has 0 saturated carbocycles. The Kier molecular flexibility index (Phi) is 11.0. The number of aryl methyl sites for hydroxylation is 2. The molecule has 53 heavy (non-hydrogen) atoms. The van der Waals surface area contributed by atoms with Gasteiger partial charge in [-0.1, -0.05) is 36.4 Å². The van der Waals surface area contributed by atoms with Crippen LogP contribution < -0.4 is 16.0 Å². The van der Waals surface area contributed by atoms with Crippen molar-refractivity contribution in [2.24, 2.45) is 11.8 Å². The molecule has 2 aromatic carbocycles. The molecular weight excluding hydrogens is 672 g/mol. The van der Waals surface area contributed by atoms with Gasteiger partial charge in [-0.2, -0.15) is 0 Å². The third kappa shape index (κ3) is 9.16. The second kappa shape index (κ2) is 15.7. The Hall–Kier alpha value is -4.13. The summed E-state index contributed by atoms with van der Waals surface area (Å²) >= 11 is 0. The molecule has 2 unspecified atom stereocenters. The van der Waals surface area contributed by atoms with Gasteiger partial charge in [-0.15, -0.1) is 0 Å². The normalized spacial score (nSPS) is 23.6. The van der Waals surface area contributed by atoms with Crippen molar-refractivity contribution in [1.29, 1.82) is 0 Å². The standard InChI is InChI=1S/C23H31N3O4.C18H23N3O2/c1-23(2,3)30-22(29)26-11-16(12-26)5-4-15-6-7-17-13-25(14-18(17)10-15)19-8-9-20(27)24-21(19)28;22-17-6-5-16(18(23)20-17)21-10-14-4-3-12(7-15(14)11-21)1-2-13-8-19-9-13/h6-7,10,16,19H,4-5,8-9,11-14H2,1-3H3,(H,24,27,28);3-4,7,13,16,19H,1-2,5-6,8-11H2,(H,20,22,23). The maximum Gasteiger partial charge on any atom is 0.410 e. The molecule has 12 nitrogen and oxygen atoms in total. The highest BCUT2D eigenvalue weighted by molar-refractivity contribution is 6.00. The minimum atomic E-state index is -0.450. The van der Waals surface area contributed by atoms with Crippen LogP contribution in [0.15, 0.2) is 36.4 Å². The van der Waals surface area contributed by atoms with Crippen LogP contribution >= 0.6 is 0 Å². The van der Waals surface area contributed by atoms with E-state index in [1.807, 2.05) is 20.8 Å². The summed E-state index contributed by atoms with van der Waals surface area (Å²) in [6.07, 6.45) is 6.31. The van der Waals surface area contributed by atoms with Crippen molar-refractivity contribution in [3.8, 4) is 0 Å². The number of imide groups is 2. The van der Waals surface area contributed by atoms with Crippen LogP contribution in [0.1, 0.15) is 92.7 Å². The number of benzene rings is 2. The lowest BCUT2D eigenvalue weighted by Gasteiger charge is -2.39. The van der Waals surface area contributed by atoms with E-state index in [2.05, 4.69) is 62.1 Å². The Morgan fingerprint density at radius 3 is 1.60 bits per heavy atom. The van der Waals surface area contributed by atoms with E-state index in [9.17, 15) is 24.0 Å². The van der Waals surface area contributed by atoms with Gasteiger partial charge in [-0.25, -0.2) is 4.79 Å². The van der Waals surface area contributed by atoms with Gasteiger partial charge in [0.15, 0.2) is 0 Å². The van der Waals surface area contributed by atoms with Crippen molar-refractivity contribution in [3.05, 3.63) is 69.8 Å². The summed E-state index contributed by atoms with van der Waals surface area (Å²) in [5, 5.41) is 8.24. The average molecular weight is 727 g/mol. The number of hydrogen-bond acceptors (Lipinski definition) is 9. The number of fused-ring (bicyclic) bond motifs is 2. The topological polar surface area (TPSA) is 140 Å². The van der Waals surface area contributed by atoms with Gasteiger partial charge in [-0.3, -0.25) is 39.6 Å². The van der Waals surface area contributed by atoms with Gasteiger partial charge in [0.05, 0.1) is 12.1 Å². The number of carbonyl (C=O) groups excluding carboxylic acids is 5. The molecule has 0 radical (unpaired) electrons. The molecule has 2 aromatic rings. The largest absolute Gasteiger partial charge is 0.444 e. The zero-order valence-electron chi connectivity index (χ0n) is 31.4. The Labute approximate surface area is 312 Å². The number of piperidine rings is 2. The van der Waals surface area contributed by atoms with Crippen LogP contribution in [0, 0.1) is 11.8 Å². The van der Waals surface area contributed by atoms with Crippen LogP contribution in [0.3, 0.4) is 0 Å². The Balaban J connectivity index is 0.000000170. The first-order valence-corrected chi connectivity index (χ1v) is 19.4. The number of carbonyl (C=O) groups is 5. The molecule has 4 saturated heterocycles. The summed E-state index contributed by atoms with van der Waals surface area (Å²) in [6.45, 7) is 12.7. The van der Waals surface area contributed by atoms with E-state index in [-0.39, 0.29) is 41.8 Å². The minimum Gasteiger partial charge on any atom is -0.444 e. The molecule has 3 N–H and O–H groups in total. The Morgan fingerprint density at radius 1 is 0.698 bits per heavy atom. The zero-order chi connectivity index (χ0) is 37.3. The molecule has 0 aliphatic carbocycles. The minimum absolute atomic E-state index is 0.133. The molecule has 0 aromatic heterocycles. The van der Waals surface area contributed by atoms with Gasteiger partial charge >= 0.3 is 6.09 Å². The summed E-state index contributed by atoms with van der Waals surface area (Å²) in [6, 6.07) is 13.0. The fourth-order valence-corrected chi connectivity index (χ4v) is 8.28. The molecule has 6 aliphatic rings. The molecule has 0 spiro atoms. The lowest BCUT2D eigenvalue weighted by Crippen LogP contribution is -2.51. The molecule has 6 heterocycles. The summed E-state index contributed by atoms with van der Waals surface area (Å²) < 4.78 is 5.41. The maximum absolute atomic E-state index is 12.2. The first-order valence-electron chi connectivity index (χ1n) is 19.4.